The van der Waals surface area contributed by atoms with Gasteiger partial charge in [-0.2, -0.15) is 5.26 Å². The fraction of sp³-hybridized carbons (Fsp3) is 0. The van der Waals surface area contributed by atoms with E-state index in [0.29, 0.717) is 15.7 Å². The first-order chi connectivity index (χ1) is 8.13. The van der Waals surface area contributed by atoms with Crippen molar-refractivity contribution in [3.8, 4) is 11.8 Å². The van der Waals surface area contributed by atoms with Crippen molar-refractivity contribution in [2.24, 2.45) is 0 Å². The van der Waals surface area contributed by atoms with Crippen LogP contribution in [0.25, 0.3) is 5.69 Å². The fourth-order valence-corrected chi connectivity index (χ4v) is 1.85. The van der Waals surface area contributed by atoms with Gasteiger partial charge in [0.2, 0.25) is 0 Å². The molecule has 0 saturated heterocycles. The Morgan fingerprint density at radius 1 is 1.53 bits per heavy atom. The van der Waals surface area contributed by atoms with E-state index in [9.17, 15) is 4.79 Å². The molecule has 0 amide bonds. The van der Waals surface area contributed by atoms with Gasteiger partial charge in [-0.1, -0.05) is 6.07 Å². The molecule has 5 nitrogen and oxygen atoms in total. The molecule has 1 heterocycles. The molecule has 2 aromatic rings. The molecule has 0 aliphatic rings. The van der Waals surface area contributed by atoms with Crippen molar-refractivity contribution in [3.63, 3.8) is 0 Å². The maximum Gasteiger partial charge on any atom is 0.356 e. The van der Waals surface area contributed by atoms with E-state index in [0.717, 1.165) is 0 Å². The third-order valence-electron chi connectivity index (χ3n) is 2.18. The van der Waals surface area contributed by atoms with Crippen molar-refractivity contribution in [2.75, 3.05) is 0 Å². The van der Waals surface area contributed by atoms with Gasteiger partial charge >= 0.3 is 5.97 Å². The summed E-state index contributed by atoms with van der Waals surface area (Å²) in [7, 11) is 0. The van der Waals surface area contributed by atoms with Crippen LogP contribution < -0.4 is 0 Å². The molecular weight excluding hydrogens is 286 g/mol. The largest absolute Gasteiger partial charge is 0.476 e. The van der Waals surface area contributed by atoms with Crippen molar-refractivity contribution >= 4 is 21.9 Å². The van der Waals surface area contributed by atoms with Crippen molar-refractivity contribution in [2.45, 2.75) is 0 Å². The highest BCUT2D eigenvalue weighted by Gasteiger charge is 2.11. The summed E-state index contributed by atoms with van der Waals surface area (Å²) in [5.74, 6) is -1.10. The summed E-state index contributed by atoms with van der Waals surface area (Å²) in [5, 5.41) is 17.8. The van der Waals surface area contributed by atoms with Crippen LogP contribution in [0.15, 0.2) is 35.2 Å². The van der Waals surface area contributed by atoms with Crippen LogP contribution in [0.1, 0.15) is 16.1 Å². The zero-order valence-electron chi connectivity index (χ0n) is 8.46. The molecule has 0 aliphatic carbocycles. The van der Waals surface area contributed by atoms with Crippen LogP contribution in [0.5, 0.6) is 0 Å². The minimum atomic E-state index is -1.10. The van der Waals surface area contributed by atoms with Gasteiger partial charge in [-0.3, -0.25) is 0 Å². The van der Waals surface area contributed by atoms with Crippen LogP contribution in [0.3, 0.4) is 0 Å². The number of carbonyl (C=O) groups is 1. The Balaban J connectivity index is 2.57. The van der Waals surface area contributed by atoms with E-state index in [4.69, 9.17) is 10.4 Å². The number of hydrogen-bond donors (Lipinski definition) is 1. The molecule has 6 heteroatoms. The molecule has 84 valence electrons. The Morgan fingerprint density at radius 2 is 2.29 bits per heavy atom. The molecule has 0 unspecified atom stereocenters. The molecule has 1 N–H and O–H groups in total. The summed E-state index contributed by atoms with van der Waals surface area (Å²) in [6.45, 7) is 0. The van der Waals surface area contributed by atoms with Gasteiger partial charge in [0.1, 0.15) is 12.4 Å². The molecule has 0 spiro atoms. The van der Waals surface area contributed by atoms with Crippen LogP contribution in [-0.2, 0) is 0 Å². The van der Waals surface area contributed by atoms with Gasteiger partial charge in [0, 0.05) is 10.7 Å². The number of carboxylic acid groups (broad SMARTS) is 1. The highest BCUT2D eigenvalue weighted by atomic mass is 79.9. The normalized spacial score (nSPS) is 9.88. The molecule has 0 bridgehead atoms. The Bertz CT molecular complexity index is 628. The maximum absolute atomic E-state index is 10.7. The lowest BCUT2D eigenvalue weighted by molar-refractivity contribution is 0.0691. The standard InChI is InChI=1S/C11H6BrN3O2/c12-8-2-1-3-10(7(8)4-13)15-5-9(11(16)17)14-6-15/h1-3,5-6H,(H,16,17). The summed E-state index contributed by atoms with van der Waals surface area (Å²) in [4.78, 5) is 14.5. The first-order valence-electron chi connectivity index (χ1n) is 4.59. The van der Waals surface area contributed by atoms with Crippen molar-refractivity contribution in [1.82, 2.24) is 9.55 Å². The smallest absolute Gasteiger partial charge is 0.356 e. The van der Waals surface area contributed by atoms with E-state index in [2.05, 4.69) is 27.0 Å². The highest BCUT2D eigenvalue weighted by Crippen LogP contribution is 2.22. The van der Waals surface area contributed by atoms with Crippen LogP contribution >= 0.6 is 15.9 Å². The molecule has 17 heavy (non-hydrogen) atoms. The lowest BCUT2D eigenvalue weighted by Gasteiger charge is -2.05. The third kappa shape index (κ3) is 2.05. The molecule has 0 fully saturated rings. The van der Waals surface area contributed by atoms with Gasteiger partial charge in [0.15, 0.2) is 5.69 Å². The van der Waals surface area contributed by atoms with Crippen molar-refractivity contribution < 1.29 is 9.90 Å². The van der Waals surface area contributed by atoms with Gasteiger partial charge in [-0.15, -0.1) is 0 Å². The predicted octanol–water partition coefficient (Wildman–Crippen LogP) is 2.20. The molecule has 2 rings (SSSR count). The van der Waals surface area contributed by atoms with E-state index < -0.39 is 5.97 Å². The highest BCUT2D eigenvalue weighted by molar-refractivity contribution is 9.10. The summed E-state index contributed by atoms with van der Waals surface area (Å²) in [6, 6.07) is 7.29. The number of aromatic nitrogens is 2. The number of nitrogens with zero attached hydrogens (tertiary/aromatic N) is 3. The van der Waals surface area contributed by atoms with E-state index in [1.165, 1.54) is 17.1 Å². The van der Waals surface area contributed by atoms with Crippen LogP contribution in [0, 0.1) is 11.3 Å². The monoisotopic (exact) mass is 291 g/mol. The second-order valence-electron chi connectivity index (χ2n) is 3.22. The quantitative estimate of drug-likeness (QED) is 0.920. The molecule has 0 atom stereocenters. The Kier molecular flexibility index (Phi) is 2.93. The summed E-state index contributed by atoms with van der Waals surface area (Å²) >= 11 is 3.27. The molecule has 0 aliphatic heterocycles. The Hall–Kier alpha value is -2.13. The lowest BCUT2D eigenvalue weighted by Crippen LogP contribution is -1.97. The zero-order chi connectivity index (χ0) is 12.4. The topological polar surface area (TPSA) is 78.9 Å². The minimum Gasteiger partial charge on any atom is -0.476 e. The Labute approximate surface area is 105 Å². The first-order valence-corrected chi connectivity index (χ1v) is 5.39. The number of aromatic carboxylic acids is 1. The van der Waals surface area contributed by atoms with Crippen molar-refractivity contribution in [1.29, 1.82) is 5.26 Å². The Morgan fingerprint density at radius 3 is 2.88 bits per heavy atom. The van der Waals surface area contributed by atoms with Crippen LogP contribution in [0.4, 0.5) is 0 Å². The van der Waals surface area contributed by atoms with E-state index in [1.807, 2.05) is 0 Å². The van der Waals surface area contributed by atoms with Gasteiger partial charge in [0.05, 0.1) is 11.3 Å². The number of carboxylic acids is 1. The number of imidazole rings is 1. The second-order valence-corrected chi connectivity index (χ2v) is 4.07. The average molecular weight is 292 g/mol. The molecule has 0 radical (unpaired) electrons. The number of rotatable bonds is 2. The van der Waals surface area contributed by atoms with E-state index in [-0.39, 0.29) is 5.69 Å². The minimum absolute atomic E-state index is 0.0612. The molecule has 1 aromatic carbocycles. The van der Waals surface area contributed by atoms with E-state index >= 15 is 0 Å². The van der Waals surface area contributed by atoms with Gasteiger partial charge in [-0.05, 0) is 28.1 Å². The van der Waals surface area contributed by atoms with Crippen molar-refractivity contribution in [3.05, 3.63) is 46.5 Å². The number of nitriles is 1. The molecule has 0 saturated carbocycles. The maximum atomic E-state index is 10.7. The summed E-state index contributed by atoms with van der Waals surface area (Å²) in [5.41, 5.74) is 0.956. The number of hydrogen-bond acceptors (Lipinski definition) is 3. The zero-order valence-corrected chi connectivity index (χ0v) is 10.0. The number of halogens is 1. The molecule has 1 aromatic heterocycles. The van der Waals surface area contributed by atoms with Gasteiger partial charge in [0.25, 0.3) is 0 Å². The molecular formula is C11H6BrN3O2. The predicted molar refractivity (Wildman–Crippen MR) is 62.9 cm³/mol. The summed E-state index contributed by atoms with van der Waals surface area (Å²) in [6.07, 6.45) is 2.73. The number of benzene rings is 1. The van der Waals surface area contributed by atoms with Gasteiger partial charge < -0.3 is 9.67 Å². The third-order valence-corrected chi connectivity index (χ3v) is 2.84. The van der Waals surface area contributed by atoms with Crippen LogP contribution in [-0.4, -0.2) is 20.6 Å². The SMILES string of the molecule is N#Cc1c(Br)cccc1-n1cnc(C(=O)O)c1. The van der Waals surface area contributed by atoms with Gasteiger partial charge in [-0.25, -0.2) is 9.78 Å². The second kappa shape index (κ2) is 4.39. The lowest BCUT2D eigenvalue weighted by atomic mass is 10.2. The first kappa shape index (κ1) is 11.4. The van der Waals surface area contributed by atoms with E-state index in [1.54, 1.807) is 18.2 Å². The van der Waals surface area contributed by atoms with Crippen LogP contribution in [0.2, 0.25) is 0 Å². The average Bonchev–Trinajstić information content (AvgIpc) is 2.77. The summed E-state index contributed by atoms with van der Waals surface area (Å²) < 4.78 is 2.16. The fourth-order valence-electron chi connectivity index (χ4n) is 1.40.